The van der Waals surface area contributed by atoms with Gasteiger partial charge in [-0.3, -0.25) is 0 Å². The van der Waals surface area contributed by atoms with Gasteiger partial charge in [-0.15, -0.1) is 11.3 Å². The summed E-state index contributed by atoms with van der Waals surface area (Å²) in [6.07, 6.45) is 25.5. The van der Waals surface area contributed by atoms with E-state index in [1.165, 1.54) is 87.2 Å². The molecule has 2 aromatic heterocycles. The topological polar surface area (TPSA) is 14.2 Å². The highest BCUT2D eigenvalue weighted by Crippen LogP contribution is 2.55. The van der Waals surface area contributed by atoms with Gasteiger partial charge in [0.2, 0.25) is 0 Å². The van der Waals surface area contributed by atoms with Crippen molar-refractivity contribution in [3.8, 4) is 22.6 Å². The van der Waals surface area contributed by atoms with Gasteiger partial charge in [0.05, 0.1) is 18.1 Å². The molecule has 3 heteroatoms. The van der Waals surface area contributed by atoms with Crippen molar-refractivity contribution in [2.24, 2.45) is 5.92 Å². The molecule has 1 atom stereocenters. The van der Waals surface area contributed by atoms with Gasteiger partial charge in [-0.25, -0.2) is 0 Å². The zero-order valence-corrected chi connectivity index (χ0v) is 40.2. The number of hydrogen-bond acceptors (Lipinski definition) is 2. The second-order valence-corrected chi connectivity index (χ2v) is 19.3. The van der Waals surface area contributed by atoms with E-state index in [0.717, 1.165) is 53.8 Å². The van der Waals surface area contributed by atoms with Crippen molar-refractivity contribution < 1.29 is 4.74 Å². The summed E-state index contributed by atoms with van der Waals surface area (Å²) in [7, 11) is 1.75. The summed E-state index contributed by atoms with van der Waals surface area (Å²) in [5.74, 6) is 1.24. The fourth-order valence-corrected chi connectivity index (χ4v) is 11.6. The van der Waals surface area contributed by atoms with Crippen molar-refractivity contribution in [2.45, 2.75) is 86.5 Å². The van der Waals surface area contributed by atoms with Gasteiger partial charge in [-0.05, 0) is 139 Å². The molecule has 0 saturated heterocycles. The molecule has 6 aromatic rings. The van der Waals surface area contributed by atoms with Crippen LogP contribution in [-0.4, -0.2) is 11.7 Å². The molecule has 2 aliphatic carbocycles. The second-order valence-electron chi connectivity index (χ2n) is 18.2. The first-order valence-corrected chi connectivity index (χ1v) is 23.8. The average Bonchev–Trinajstić information content (AvgIpc) is 3.86. The highest BCUT2D eigenvalue weighted by Gasteiger charge is 2.41. The highest BCUT2D eigenvalue weighted by molar-refractivity contribution is 7.13. The first-order chi connectivity index (χ1) is 30.9. The van der Waals surface area contributed by atoms with Gasteiger partial charge in [0.15, 0.2) is 0 Å². The summed E-state index contributed by atoms with van der Waals surface area (Å²) < 4.78 is 8.52. The molecule has 2 aliphatic rings. The van der Waals surface area contributed by atoms with Crippen LogP contribution in [0, 0.1) is 12.8 Å². The van der Waals surface area contributed by atoms with Gasteiger partial charge in [0.1, 0.15) is 5.75 Å². The monoisotopic (exact) mass is 857 g/mol. The molecule has 1 unspecified atom stereocenters. The van der Waals surface area contributed by atoms with E-state index in [1.807, 2.05) is 23.5 Å². The van der Waals surface area contributed by atoms with Crippen LogP contribution in [0.3, 0.4) is 0 Å². The minimum atomic E-state index is -0.140. The maximum atomic E-state index is 6.00. The van der Waals surface area contributed by atoms with E-state index in [-0.39, 0.29) is 5.41 Å². The van der Waals surface area contributed by atoms with Crippen molar-refractivity contribution in [2.75, 3.05) is 7.11 Å². The van der Waals surface area contributed by atoms with E-state index < -0.39 is 0 Å². The molecule has 0 spiro atoms. The maximum Gasteiger partial charge on any atom is 0.126 e. The normalized spacial score (nSPS) is 16.1. The Bertz CT molecular complexity index is 3060. The van der Waals surface area contributed by atoms with Gasteiger partial charge in [0.25, 0.3) is 0 Å². The Hall–Kier alpha value is -6.16. The lowest BCUT2D eigenvalue weighted by molar-refractivity contribution is 0.413. The smallest absolute Gasteiger partial charge is 0.126 e. The van der Waals surface area contributed by atoms with Crippen LogP contribution in [0.15, 0.2) is 146 Å². The van der Waals surface area contributed by atoms with Gasteiger partial charge < -0.3 is 9.30 Å². The number of aromatic nitrogens is 1. The summed E-state index contributed by atoms with van der Waals surface area (Å²) in [5, 5.41) is 2.64. The largest absolute Gasteiger partial charge is 0.496 e. The summed E-state index contributed by atoms with van der Waals surface area (Å²) in [4.78, 5) is 2.60. The zero-order valence-electron chi connectivity index (χ0n) is 39.4. The number of methoxy groups -OCH3 is 1. The SMILES string of the molecule is C=C/C=C(\C=C/C)c1cc(-n2c3cc4c(cc3c3c(CCC)c(-c5ccccc5C)ccc32)C2=C(CC(C)C(Cc3sc(C=C)c(/C=C\C)c3/C=C\C(=C)C)=C2)C4(C)C)ccc1OC. The lowest BCUT2D eigenvalue weighted by atomic mass is 9.74. The first kappa shape index (κ1) is 44.4. The molecule has 0 N–H and O–H groups in total. The molecule has 2 heterocycles. The quantitative estimate of drug-likeness (QED) is 0.0996. The average molecular weight is 858 g/mol. The number of benzene rings is 4. The Kier molecular flexibility index (Phi) is 12.6. The molecule has 64 heavy (non-hydrogen) atoms. The third kappa shape index (κ3) is 7.68. The van der Waals surface area contributed by atoms with Crippen molar-refractivity contribution in [1.29, 1.82) is 0 Å². The molecule has 4 aromatic carbocycles. The highest BCUT2D eigenvalue weighted by atomic mass is 32.1. The second kappa shape index (κ2) is 18.1. The molecular weight excluding hydrogens is 795 g/mol. The molecule has 0 radical (unpaired) electrons. The number of ether oxygens (including phenoxy) is 1. The molecular formula is C61H63NOS. The molecule has 0 saturated carbocycles. The van der Waals surface area contributed by atoms with Crippen molar-refractivity contribution in [3.63, 3.8) is 0 Å². The third-order valence-corrected chi connectivity index (χ3v) is 14.7. The van der Waals surface area contributed by atoms with Crippen LogP contribution in [0.1, 0.15) is 110 Å². The lowest BCUT2D eigenvalue weighted by Crippen LogP contribution is -2.21. The molecule has 0 bridgehead atoms. The Balaban J connectivity index is 1.40. The first-order valence-electron chi connectivity index (χ1n) is 22.9. The number of allylic oxidation sites excluding steroid dienone is 12. The van der Waals surface area contributed by atoms with E-state index in [0.29, 0.717) is 5.92 Å². The van der Waals surface area contributed by atoms with Gasteiger partial charge in [0, 0.05) is 43.6 Å². The Morgan fingerprint density at radius 3 is 2.41 bits per heavy atom. The minimum Gasteiger partial charge on any atom is -0.496 e. The van der Waals surface area contributed by atoms with E-state index in [4.69, 9.17) is 4.74 Å². The molecule has 0 aliphatic heterocycles. The molecule has 0 fully saturated rings. The number of aryl methyl sites for hydroxylation is 2. The Labute approximate surface area is 386 Å². The standard InChI is InChI=1S/C61H63NOS/c1-13-20-41(21-14-2)49-35-43(27-31-57(49)63-12)62-55-30-29-45(44-25-19-18-24-39(44)8)48(23-16-4)60(55)52-36-51-50-33-42(40(9)32-53(50)61(10,11)54(51)37-56(52)62)34-59-47(28-26-38(6)7)46(22-15-3)58(17-5)64-59/h13-15,17-22,24-31,33,35-37,40H,1,5-6,16,23,32,34H2,2-4,7-12H3/b21-14-,22-15-,28-26-,41-20+. The van der Waals surface area contributed by atoms with Crippen molar-refractivity contribution in [1.82, 2.24) is 4.57 Å². The van der Waals surface area contributed by atoms with Crippen LogP contribution >= 0.6 is 11.3 Å². The van der Waals surface area contributed by atoms with Crippen LogP contribution in [0.4, 0.5) is 0 Å². The number of nitrogens with zero attached hydrogens (tertiary/aromatic N) is 1. The van der Waals surface area contributed by atoms with Crippen LogP contribution < -0.4 is 4.74 Å². The van der Waals surface area contributed by atoms with Gasteiger partial charge in [-0.1, -0.05) is 162 Å². The zero-order chi connectivity index (χ0) is 45.4. The molecule has 8 rings (SSSR count). The van der Waals surface area contributed by atoms with Crippen LogP contribution in [0.5, 0.6) is 5.75 Å². The van der Waals surface area contributed by atoms with Crippen molar-refractivity contribution in [3.05, 3.63) is 194 Å². The lowest BCUT2D eigenvalue weighted by Gasteiger charge is -2.30. The Morgan fingerprint density at radius 1 is 0.922 bits per heavy atom. The number of thiophene rings is 1. The van der Waals surface area contributed by atoms with Gasteiger partial charge >= 0.3 is 0 Å². The predicted molar refractivity (Wildman–Crippen MR) is 283 cm³/mol. The maximum absolute atomic E-state index is 6.00. The molecule has 0 amide bonds. The molecule has 324 valence electrons. The van der Waals surface area contributed by atoms with Gasteiger partial charge in [-0.2, -0.15) is 0 Å². The van der Waals surface area contributed by atoms with E-state index >= 15 is 0 Å². The van der Waals surface area contributed by atoms with Crippen molar-refractivity contribution >= 4 is 62.5 Å². The van der Waals surface area contributed by atoms with Crippen LogP contribution in [0.25, 0.3) is 68.0 Å². The predicted octanol–water partition coefficient (Wildman–Crippen LogP) is 17.4. The minimum absolute atomic E-state index is 0.140. The summed E-state index contributed by atoms with van der Waals surface area (Å²) in [6.45, 7) is 30.5. The van der Waals surface area contributed by atoms with E-state index in [1.54, 1.807) is 12.7 Å². The van der Waals surface area contributed by atoms with E-state index in [9.17, 15) is 0 Å². The summed E-state index contributed by atoms with van der Waals surface area (Å²) >= 11 is 1.88. The number of fused-ring (bicyclic) bond motifs is 5. The fourth-order valence-electron chi connectivity index (χ4n) is 10.4. The summed E-state index contributed by atoms with van der Waals surface area (Å²) in [6, 6.07) is 25.3. The summed E-state index contributed by atoms with van der Waals surface area (Å²) in [5.41, 5.74) is 21.6. The van der Waals surface area contributed by atoms with Crippen LogP contribution in [-0.2, 0) is 18.3 Å². The van der Waals surface area contributed by atoms with Crippen LogP contribution in [0.2, 0.25) is 0 Å². The van der Waals surface area contributed by atoms with E-state index in [2.05, 4.69) is 195 Å². The molecule has 2 nitrogen and oxygen atoms in total. The number of hydrogen-bond donors (Lipinski definition) is 0. The fraction of sp³-hybridized carbons (Fsp3) is 0.246. The Morgan fingerprint density at radius 2 is 1.72 bits per heavy atom. The number of rotatable bonds is 14. The third-order valence-electron chi connectivity index (χ3n) is 13.5.